The van der Waals surface area contributed by atoms with Crippen molar-refractivity contribution in [1.82, 2.24) is 0 Å². The van der Waals surface area contributed by atoms with Crippen molar-refractivity contribution in [1.29, 1.82) is 0 Å². The summed E-state index contributed by atoms with van der Waals surface area (Å²) in [5.41, 5.74) is 1.20. The molecule has 1 saturated carbocycles. The third kappa shape index (κ3) is 4.21. The zero-order chi connectivity index (χ0) is 23.1. The van der Waals surface area contributed by atoms with Crippen LogP contribution in [-0.2, 0) is 19.1 Å². The monoisotopic (exact) mass is 473 g/mol. The third-order valence-corrected chi connectivity index (χ3v) is 7.62. The van der Waals surface area contributed by atoms with E-state index in [1.807, 2.05) is 6.92 Å². The molecule has 3 heterocycles. The summed E-state index contributed by atoms with van der Waals surface area (Å²) in [6, 6.07) is 4.57. The first-order valence-corrected chi connectivity index (χ1v) is 12.2. The Morgan fingerprint density at radius 3 is 2.88 bits per heavy atom. The lowest BCUT2D eigenvalue weighted by Gasteiger charge is -2.44. The molecule has 6 unspecified atom stereocenters. The second-order valence-corrected chi connectivity index (χ2v) is 9.89. The highest BCUT2D eigenvalue weighted by Crippen LogP contribution is 2.45. The summed E-state index contributed by atoms with van der Waals surface area (Å²) in [7, 11) is 0. The molecular formula is C25H28ClNO6. The van der Waals surface area contributed by atoms with Gasteiger partial charge >= 0.3 is 5.97 Å². The number of hydrogen-bond acceptors (Lipinski definition) is 7. The van der Waals surface area contributed by atoms with Crippen molar-refractivity contribution in [3.05, 3.63) is 28.8 Å². The third-order valence-electron chi connectivity index (χ3n) is 7.39. The van der Waals surface area contributed by atoms with Gasteiger partial charge in [-0.25, -0.2) is 0 Å². The van der Waals surface area contributed by atoms with Crippen molar-refractivity contribution in [2.45, 2.75) is 51.2 Å². The second kappa shape index (κ2) is 9.18. The highest BCUT2D eigenvalue weighted by molar-refractivity contribution is 6.31. The average Bonchev–Trinajstić information content (AvgIpc) is 3.31. The average molecular weight is 474 g/mol. The van der Waals surface area contributed by atoms with E-state index in [1.165, 1.54) is 0 Å². The number of hydrogen-bond donors (Lipinski definition) is 0. The molecule has 0 radical (unpaired) electrons. The molecule has 0 aromatic heterocycles. The first-order valence-electron chi connectivity index (χ1n) is 11.8. The van der Waals surface area contributed by atoms with Crippen molar-refractivity contribution in [3.8, 4) is 5.75 Å². The highest BCUT2D eigenvalue weighted by atomic mass is 35.5. The van der Waals surface area contributed by atoms with E-state index in [9.17, 15) is 14.4 Å². The lowest BCUT2D eigenvalue weighted by molar-refractivity contribution is -0.156. The Balaban J connectivity index is 1.48. The molecule has 7 nitrogen and oxygen atoms in total. The molecule has 0 amide bonds. The van der Waals surface area contributed by atoms with Gasteiger partial charge in [-0.15, -0.1) is 0 Å². The number of esters is 1. The van der Waals surface area contributed by atoms with E-state index in [-0.39, 0.29) is 30.9 Å². The fraction of sp³-hybridized carbons (Fsp3) is 0.600. The zero-order valence-corrected chi connectivity index (χ0v) is 19.4. The van der Waals surface area contributed by atoms with E-state index < -0.39 is 35.7 Å². The summed E-state index contributed by atoms with van der Waals surface area (Å²) >= 11 is 6.15. The van der Waals surface area contributed by atoms with Crippen LogP contribution in [-0.4, -0.2) is 55.2 Å². The highest BCUT2D eigenvalue weighted by Gasteiger charge is 2.54. The Labute approximate surface area is 197 Å². The molecule has 0 N–H and O–H groups in total. The Morgan fingerprint density at radius 1 is 1.24 bits per heavy atom. The lowest BCUT2D eigenvalue weighted by Crippen LogP contribution is -2.54. The van der Waals surface area contributed by atoms with Crippen molar-refractivity contribution >= 4 is 34.8 Å². The fourth-order valence-corrected chi connectivity index (χ4v) is 6.01. The number of carbonyl (C=O) groups excluding carboxylic acids is 3. The first kappa shape index (κ1) is 22.5. The van der Waals surface area contributed by atoms with Gasteiger partial charge in [0.05, 0.1) is 42.1 Å². The minimum absolute atomic E-state index is 0.0403. The van der Waals surface area contributed by atoms with Crippen LogP contribution in [0.25, 0.3) is 0 Å². The molecule has 6 atom stereocenters. The molecule has 1 aromatic rings. The van der Waals surface area contributed by atoms with Crippen LogP contribution in [0.2, 0.25) is 5.02 Å². The molecule has 176 valence electrons. The number of ether oxygens (including phenoxy) is 3. The van der Waals surface area contributed by atoms with Gasteiger partial charge in [0.1, 0.15) is 18.1 Å². The number of nitrogens with zero attached hydrogens (tertiary/aromatic N) is 1. The number of benzene rings is 1. The number of aliphatic imine (C=N–C) groups is 1. The quantitative estimate of drug-likeness (QED) is 0.619. The largest absolute Gasteiger partial charge is 0.492 e. The van der Waals surface area contributed by atoms with Crippen LogP contribution in [0.5, 0.6) is 5.75 Å². The minimum atomic E-state index is -0.708. The maximum atomic E-state index is 13.6. The summed E-state index contributed by atoms with van der Waals surface area (Å²) in [4.78, 5) is 44.9. The molecule has 0 spiro atoms. The van der Waals surface area contributed by atoms with Crippen LogP contribution in [0.3, 0.4) is 0 Å². The van der Waals surface area contributed by atoms with E-state index >= 15 is 0 Å². The van der Waals surface area contributed by atoms with Gasteiger partial charge in [-0.3, -0.25) is 19.4 Å². The van der Waals surface area contributed by atoms with E-state index in [4.69, 9.17) is 30.8 Å². The predicted octanol–water partition coefficient (Wildman–Crippen LogP) is 3.70. The molecule has 1 aromatic carbocycles. The van der Waals surface area contributed by atoms with Crippen LogP contribution in [0.1, 0.15) is 49.4 Å². The normalized spacial score (nSPS) is 33.6. The number of Topliss-reactive ketones (excluding diaryl/α,β-unsaturated/α-hetero) is 2. The van der Waals surface area contributed by atoms with Crippen LogP contribution in [0.15, 0.2) is 23.2 Å². The molecular weight excluding hydrogens is 446 g/mol. The first-order chi connectivity index (χ1) is 15.9. The van der Waals surface area contributed by atoms with Crippen LogP contribution >= 0.6 is 11.6 Å². The lowest BCUT2D eigenvalue weighted by atomic mass is 9.62. The van der Waals surface area contributed by atoms with Crippen molar-refractivity contribution in [3.63, 3.8) is 0 Å². The van der Waals surface area contributed by atoms with E-state index in [2.05, 4.69) is 0 Å². The van der Waals surface area contributed by atoms with Gasteiger partial charge in [-0.2, -0.15) is 0 Å². The summed E-state index contributed by atoms with van der Waals surface area (Å²) in [6.07, 6.45) is 3.58. The second-order valence-electron chi connectivity index (χ2n) is 9.45. The Hall–Kier alpha value is -2.25. The van der Waals surface area contributed by atoms with Gasteiger partial charge < -0.3 is 14.2 Å². The smallest absolute Gasteiger partial charge is 0.311 e. The number of carbonyl (C=O) groups is 3. The van der Waals surface area contributed by atoms with Crippen LogP contribution in [0, 0.1) is 23.7 Å². The minimum Gasteiger partial charge on any atom is -0.492 e. The molecule has 0 bridgehead atoms. The van der Waals surface area contributed by atoms with E-state index in [1.54, 1.807) is 18.2 Å². The molecule has 1 aliphatic carbocycles. The summed E-state index contributed by atoms with van der Waals surface area (Å²) < 4.78 is 17.2. The Morgan fingerprint density at radius 2 is 2.09 bits per heavy atom. The topological polar surface area (TPSA) is 91.3 Å². The predicted molar refractivity (Wildman–Crippen MR) is 121 cm³/mol. The Bertz CT molecular complexity index is 1000. The van der Waals surface area contributed by atoms with E-state index in [0.29, 0.717) is 35.8 Å². The Kier molecular flexibility index (Phi) is 6.27. The van der Waals surface area contributed by atoms with E-state index in [0.717, 1.165) is 25.0 Å². The fourth-order valence-electron chi connectivity index (χ4n) is 5.84. The molecule has 33 heavy (non-hydrogen) atoms. The summed E-state index contributed by atoms with van der Waals surface area (Å²) in [5.74, 6) is -2.53. The molecule has 1 saturated heterocycles. The van der Waals surface area contributed by atoms with Gasteiger partial charge in [-0.05, 0) is 50.8 Å². The molecule has 5 rings (SSSR count). The van der Waals surface area contributed by atoms with Crippen LogP contribution in [0.4, 0.5) is 0 Å². The van der Waals surface area contributed by atoms with Crippen molar-refractivity contribution < 1.29 is 28.6 Å². The van der Waals surface area contributed by atoms with Gasteiger partial charge in [-0.1, -0.05) is 11.6 Å². The van der Waals surface area contributed by atoms with Gasteiger partial charge in [0.2, 0.25) is 0 Å². The van der Waals surface area contributed by atoms with Crippen molar-refractivity contribution in [2.24, 2.45) is 28.7 Å². The maximum Gasteiger partial charge on any atom is 0.311 e. The van der Waals surface area contributed by atoms with Crippen LogP contribution < -0.4 is 4.74 Å². The summed E-state index contributed by atoms with van der Waals surface area (Å²) in [6.45, 7) is 2.83. The zero-order valence-electron chi connectivity index (χ0n) is 18.6. The number of ketones is 2. The number of fused-ring (bicyclic) bond motifs is 2. The molecule has 2 fully saturated rings. The van der Waals surface area contributed by atoms with Gasteiger partial charge in [0, 0.05) is 29.7 Å². The maximum absolute atomic E-state index is 13.6. The standard InChI is InChI=1S/C25H28ClNO6/c1-13-21(25(30)33-11-15-4-3-9-31-15)22(23-18(27-13)5-2-6-19(23)28)17-12-32-20-8-7-14(26)10-16(20)24(17)29/h7-8,10,13,15,17,21-23H,2-6,9,11-12H2,1H3. The molecule has 4 aliphatic rings. The number of halogens is 1. The SMILES string of the molecule is CC1N=C2CCCC(=O)C2C(C2COc3ccc(Cl)cc3C2=O)C1C(=O)OCC1CCCO1. The number of rotatable bonds is 4. The van der Waals surface area contributed by atoms with Gasteiger partial charge in [0.15, 0.2) is 5.78 Å². The van der Waals surface area contributed by atoms with Crippen molar-refractivity contribution in [2.75, 3.05) is 19.8 Å². The molecule has 8 heteroatoms. The molecule has 3 aliphatic heterocycles. The summed E-state index contributed by atoms with van der Waals surface area (Å²) in [5, 5.41) is 0.437. The van der Waals surface area contributed by atoms with Gasteiger partial charge in [0.25, 0.3) is 0 Å².